The monoisotopic (exact) mass is 274 g/mol. The van der Waals surface area contributed by atoms with Gasteiger partial charge in [-0.2, -0.15) is 0 Å². The highest BCUT2D eigenvalue weighted by Gasteiger charge is 2.23. The summed E-state index contributed by atoms with van der Waals surface area (Å²) >= 11 is 0. The second kappa shape index (κ2) is 7.90. The Bertz CT molecular complexity index is 371. The lowest BCUT2D eigenvalue weighted by Crippen LogP contribution is -2.48. The second-order valence-corrected chi connectivity index (χ2v) is 3.86. The molecule has 0 saturated carbocycles. The van der Waals surface area contributed by atoms with Crippen LogP contribution in [0.3, 0.4) is 0 Å². The number of carboxylic acids is 1. The fraction of sp³-hybridized carbons (Fsp3) is 0.600. The first-order valence-corrected chi connectivity index (χ1v) is 5.51. The Morgan fingerprint density at radius 3 is 2.32 bits per heavy atom. The fourth-order valence-corrected chi connectivity index (χ4v) is 1.16. The minimum Gasteiger partial charge on any atom is -0.480 e. The lowest BCUT2D eigenvalue weighted by molar-refractivity contribution is -0.141. The van der Waals surface area contributed by atoms with Crippen molar-refractivity contribution in [3.63, 3.8) is 0 Å². The maximum Gasteiger partial charge on any atom is 0.326 e. The van der Waals surface area contributed by atoms with Crippen molar-refractivity contribution >= 4 is 23.8 Å². The van der Waals surface area contributed by atoms with Crippen molar-refractivity contribution in [2.24, 2.45) is 5.73 Å². The summed E-state index contributed by atoms with van der Waals surface area (Å²) in [5.74, 6) is -2.43. The number of nitrogens with two attached hydrogens (primary N) is 1. The van der Waals surface area contributed by atoms with Crippen molar-refractivity contribution in [1.82, 2.24) is 15.5 Å². The topological polar surface area (TPSA) is 142 Å². The summed E-state index contributed by atoms with van der Waals surface area (Å²) in [4.78, 5) is 45.2. The van der Waals surface area contributed by atoms with Crippen molar-refractivity contribution < 1.29 is 24.3 Å². The molecule has 0 spiro atoms. The molecule has 0 bridgehead atoms. The molecule has 9 nitrogen and oxygen atoms in total. The molecule has 0 aromatic rings. The molecule has 0 rings (SSSR count). The number of carbonyl (C=O) groups is 4. The van der Waals surface area contributed by atoms with Crippen LogP contribution < -0.4 is 16.4 Å². The molecule has 1 atom stereocenters. The molecule has 4 amide bonds. The maximum atomic E-state index is 11.6. The van der Waals surface area contributed by atoms with Crippen LogP contribution in [0.1, 0.15) is 12.8 Å². The van der Waals surface area contributed by atoms with E-state index in [1.165, 1.54) is 14.1 Å². The number of amides is 4. The van der Waals surface area contributed by atoms with E-state index in [4.69, 9.17) is 10.8 Å². The van der Waals surface area contributed by atoms with Gasteiger partial charge in [-0.05, 0) is 0 Å². The number of hydrogen-bond acceptors (Lipinski definition) is 4. The van der Waals surface area contributed by atoms with E-state index in [-0.39, 0.29) is 18.9 Å². The molecule has 0 aromatic carbocycles. The van der Waals surface area contributed by atoms with Crippen LogP contribution in [-0.2, 0) is 14.4 Å². The third kappa shape index (κ3) is 6.86. The Morgan fingerprint density at radius 2 is 1.89 bits per heavy atom. The average Bonchev–Trinajstić information content (AvgIpc) is 2.33. The largest absolute Gasteiger partial charge is 0.480 e. The summed E-state index contributed by atoms with van der Waals surface area (Å²) in [5, 5.41) is 13.3. The summed E-state index contributed by atoms with van der Waals surface area (Å²) in [7, 11) is 2.87. The van der Waals surface area contributed by atoms with Crippen LogP contribution in [0.5, 0.6) is 0 Å². The van der Waals surface area contributed by atoms with Crippen LogP contribution in [-0.4, -0.2) is 60.5 Å². The molecule has 0 aromatic heterocycles. The van der Waals surface area contributed by atoms with E-state index in [0.717, 1.165) is 4.90 Å². The van der Waals surface area contributed by atoms with Gasteiger partial charge in [0.2, 0.25) is 11.8 Å². The molecule has 9 heteroatoms. The number of nitrogens with zero attached hydrogens (tertiary/aromatic N) is 1. The second-order valence-electron chi connectivity index (χ2n) is 3.86. The summed E-state index contributed by atoms with van der Waals surface area (Å²) in [6.45, 7) is 0.119. The van der Waals surface area contributed by atoms with Gasteiger partial charge >= 0.3 is 12.0 Å². The Kier molecular flexibility index (Phi) is 6.94. The van der Waals surface area contributed by atoms with Gasteiger partial charge in [-0.3, -0.25) is 9.59 Å². The van der Waals surface area contributed by atoms with Gasteiger partial charge in [-0.25, -0.2) is 9.59 Å². The molecular formula is C10H18N4O5. The van der Waals surface area contributed by atoms with Crippen molar-refractivity contribution in [2.75, 3.05) is 20.6 Å². The van der Waals surface area contributed by atoms with E-state index in [0.29, 0.717) is 0 Å². The van der Waals surface area contributed by atoms with Crippen LogP contribution >= 0.6 is 0 Å². The predicted octanol–water partition coefficient (Wildman–Crippen LogP) is -1.91. The molecular weight excluding hydrogens is 256 g/mol. The van der Waals surface area contributed by atoms with Gasteiger partial charge in [-0.1, -0.05) is 0 Å². The molecule has 0 radical (unpaired) electrons. The fourth-order valence-electron chi connectivity index (χ4n) is 1.16. The number of urea groups is 1. The zero-order chi connectivity index (χ0) is 15.0. The Morgan fingerprint density at radius 1 is 1.32 bits per heavy atom. The molecule has 19 heavy (non-hydrogen) atoms. The highest BCUT2D eigenvalue weighted by Crippen LogP contribution is 1.95. The smallest absolute Gasteiger partial charge is 0.326 e. The van der Waals surface area contributed by atoms with Crippen molar-refractivity contribution in [1.29, 1.82) is 0 Å². The molecule has 5 N–H and O–H groups in total. The number of hydrogen-bond donors (Lipinski definition) is 4. The van der Waals surface area contributed by atoms with E-state index in [2.05, 4.69) is 10.6 Å². The van der Waals surface area contributed by atoms with E-state index in [1.54, 1.807) is 0 Å². The Labute approximate surface area is 110 Å². The SMILES string of the molecule is CNC(=O)CCN(C)C(=O)N[C@H](CC(N)=O)C(=O)O. The number of nitrogens with one attached hydrogen (secondary N) is 2. The Balaban J connectivity index is 4.35. The zero-order valence-corrected chi connectivity index (χ0v) is 10.8. The van der Waals surface area contributed by atoms with Crippen molar-refractivity contribution in [3.8, 4) is 0 Å². The van der Waals surface area contributed by atoms with E-state index >= 15 is 0 Å². The molecule has 0 saturated heterocycles. The third-order valence-electron chi connectivity index (χ3n) is 2.30. The van der Waals surface area contributed by atoms with Gasteiger partial charge in [0.15, 0.2) is 0 Å². The normalized spacial score (nSPS) is 11.3. The van der Waals surface area contributed by atoms with Crippen molar-refractivity contribution in [3.05, 3.63) is 0 Å². The van der Waals surface area contributed by atoms with Gasteiger partial charge in [0, 0.05) is 27.1 Å². The van der Waals surface area contributed by atoms with Crippen LogP contribution in [0.2, 0.25) is 0 Å². The molecule has 0 aliphatic rings. The van der Waals surface area contributed by atoms with E-state index in [9.17, 15) is 19.2 Å². The summed E-state index contributed by atoms with van der Waals surface area (Å²) < 4.78 is 0. The minimum absolute atomic E-state index is 0.0912. The lowest BCUT2D eigenvalue weighted by atomic mass is 10.2. The summed E-state index contributed by atoms with van der Waals surface area (Å²) in [6.07, 6.45) is -0.404. The summed E-state index contributed by atoms with van der Waals surface area (Å²) in [6, 6.07) is -2.08. The molecule has 0 unspecified atom stereocenters. The molecule has 0 aliphatic heterocycles. The van der Waals surface area contributed by atoms with Crippen LogP contribution in [0.25, 0.3) is 0 Å². The van der Waals surface area contributed by atoms with Crippen LogP contribution in [0, 0.1) is 0 Å². The minimum atomic E-state index is -1.38. The van der Waals surface area contributed by atoms with Gasteiger partial charge in [0.1, 0.15) is 6.04 Å². The number of rotatable bonds is 7. The maximum absolute atomic E-state index is 11.6. The number of carbonyl (C=O) groups excluding carboxylic acids is 3. The van der Waals surface area contributed by atoms with Crippen LogP contribution in [0.15, 0.2) is 0 Å². The quantitative estimate of drug-likeness (QED) is 0.428. The standard InChI is InChI=1S/C10H18N4O5/c1-12-8(16)3-4-14(2)10(19)13-6(9(17)18)5-7(11)15/h6H,3-5H2,1-2H3,(H2,11,15)(H,12,16)(H,13,19)(H,17,18)/t6-/m1/s1. The zero-order valence-electron chi connectivity index (χ0n) is 10.8. The first-order chi connectivity index (χ1) is 8.77. The lowest BCUT2D eigenvalue weighted by Gasteiger charge is -2.20. The Hall–Kier alpha value is -2.32. The first-order valence-electron chi connectivity index (χ1n) is 5.51. The van der Waals surface area contributed by atoms with Gasteiger partial charge < -0.3 is 26.4 Å². The molecule has 0 heterocycles. The molecule has 0 fully saturated rings. The molecule has 0 aliphatic carbocycles. The van der Waals surface area contributed by atoms with E-state index in [1.807, 2.05) is 0 Å². The highest BCUT2D eigenvalue weighted by atomic mass is 16.4. The highest BCUT2D eigenvalue weighted by molar-refractivity contribution is 5.87. The number of aliphatic carboxylic acids is 1. The average molecular weight is 274 g/mol. The number of primary amides is 1. The van der Waals surface area contributed by atoms with Gasteiger partial charge in [0.25, 0.3) is 0 Å². The van der Waals surface area contributed by atoms with Gasteiger partial charge in [-0.15, -0.1) is 0 Å². The van der Waals surface area contributed by atoms with Crippen molar-refractivity contribution in [2.45, 2.75) is 18.9 Å². The number of carboxylic acid groups (broad SMARTS) is 1. The summed E-state index contributed by atoms with van der Waals surface area (Å²) in [5.41, 5.74) is 4.88. The third-order valence-corrected chi connectivity index (χ3v) is 2.30. The van der Waals surface area contributed by atoms with E-state index < -0.39 is 30.4 Å². The molecule has 108 valence electrons. The first kappa shape index (κ1) is 16.7. The predicted molar refractivity (Wildman–Crippen MR) is 65.1 cm³/mol. The van der Waals surface area contributed by atoms with Gasteiger partial charge in [0.05, 0.1) is 6.42 Å². The van der Waals surface area contributed by atoms with Crippen LogP contribution in [0.4, 0.5) is 4.79 Å².